The summed E-state index contributed by atoms with van der Waals surface area (Å²) in [5, 5.41) is 2.86. The van der Waals surface area contributed by atoms with Crippen molar-refractivity contribution in [2.24, 2.45) is 16.7 Å². The Morgan fingerprint density at radius 2 is 1.92 bits per heavy atom. The first-order chi connectivity index (χ1) is 11.3. The molecule has 0 aliphatic heterocycles. The molecular formula is C19H23NO4. The summed E-state index contributed by atoms with van der Waals surface area (Å²) in [6.45, 7) is 5.96. The van der Waals surface area contributed by atoms with Crippen molar-refractivity contribution in [2.45, 2.75) is 40.0 Å². The summed E-state index contributed by atoms with van der Waals surface area (Å²) in [5.41, 5.74) is -0.271. The number of hydrogen-bond donors (Lipinski definition) is 1. The number of esters is 1. The molecular weight excluding hydrogens is 306 g/mol. The number of rotatable bonds is 4. The zero-order chi connectivity index (χ0) is 17.5. The molecule has 5 nitrogen and oxygen atoms in total. The highest BCUT2D eigenvalue weighted by atomic mass is 16.5. The number of hydrogen-bond acceptors (Lipinski definition) is 4. The molecule has 5 heteroatoms. The number of anilines is 1. The van der Waals surface area contributed by atoms with Crippen LogP contribution in [0.4, 0.5) is 5.69 Å². The van der Waals surface area contributed by atoms with E-state index in [0.29, 0.717) is 36.6 Å². The van der Waals surface area contributed by atoms with E-state index in [1.165, 1.54) is 0 Å². The van der Waals surface area contributed by atoms with Crippen LogP contribution in [0.5, 0.6) is 0 Å². The Hall–Kier alpha value is -2.17. The van der Waals surface area contributed by atoms with Crippen LogP contribution in [0.2, 0.25) is 0 Å². The Bertz CT molecular complexity index is 692. The molecule has 2 saturated carbocycles. The van der Waals surface area contributed by atoms with Crippen molar-refractivity contribution in [2.75, 3.05) is 11.9 Å². The zero-order valence-corrected chi connectivity index (χ0v) is 14.3. The van der Waals surface area contributed by atoms with Crippen molar-refractivity contribution < 1.29 is 19.1 Å². The first-order valence-corrected chi connectivity index (χ1v) is 8.45. The summed E-state index contributed by atoms with van der Waals surface area (Å²) in [5.74, 6) is -0.251. The molecule has 2 aliphatic carbocycles. The highest BCUT2D eigenvalue weighted by Gasteiger charge is 2.64. The largest absolute Gasteiger partial charge is 0.462 e. The maximum atomic E-state index is 12.8. The van der Waals surface area contributed by atoms with Gasteiger partial charge in [-0.25, -0.2) is 4.79 Å². The van der Waals surface area contributed by atoms with Crippen molar-refractivity contribution in [1.82, 2.24) is 0 Å². The van der Waals surface area contributed by atoms with Crippen molar-refractivity contribution >= 4 is 23.3 Å². The molecule has 1 aromatic carbocycles. The second-order valence-electron chi connectivity index (χ2n) is 7.32. The molecule has 0 spiro atoms. The van der Waals surface area contributed by atoms with Crippen molar-refractivity contribution in [3.05, 3.63) is 29.8 Å². The number of nitrogens with one attached hydrogen (secondary N) is 1. The minimum Gasteiger partial charge on any atom is -0.462 e. The molecule has 3 rings (SSSR count). The van der Waals surface area contributed by atoms with Gasteiger partial charge in [-0.05, 0) is 56.4 Å². The van der Waals surface area contributed by atoms with Crippen molar-refractivity contribution in [1.29, 1.82) is 0 Å². The van der Waals surface area contributed by atoms with Crippen LogP contribution >= 0.6 is 0 Å². The fourth-order valence-corrected chi connectivity index (χ4v) is 4.13. The molecule has 1 N–H and O–H groups in total. The molecule has 1 aromatic rings. The van der Waals surface area contributed by atoms with Gasteiger partial charge in [0.2, 0.25) is 5.91 Å². The number of ether oxygens (including phenoxy) is 1. The zero-order valence-electron chi connectivity index (χ0n) is 14.3. The number of fused-ring (bicyclic) bond motifs is 2. The fourth-order valence-electron chi connectivity index (χ4n) is 4.13. The van der Waals surface area contributed by atoms with E-state index in [9.17, 15) is 14.4 Å². The standard InChI is InChI=1S/C19H23NO4/c1-4-24-15(21)12-5-7-14(8-6-12)20-17(23)19-10-9-13(11-19)18(2,3)16(19)22/h5-8,13H,4,9-11H2,1-3H3,(H,20,23). The van der Waals surface area contributed by atoms with Gasteiger partial charge in [-0.2, -0.15) is 0 Å². The molecule has 128 valence electrons. The van der Waals surface area contributed by atoms with Crippen molar-refractivity contribution in [3.63, 3.8) is 0 Å². The minimum absolute atomic E-state index is 0.0619. The lowest BCUT2D eigenvalue weighted by Gasteiger charge is -2.32. The molecule has 2 bridgehead atoms. The van der Waals surface area contributed by atoms with Gasteiger partial charge in [0.1, 0.15) is 5.41 Å². The van der Waals surface area contributed by atoms with E-state index < -0.39 is 10.8 Å². The van der Waals surface area contributed by atoms with Crippen LogP contribution in [0.25, 0.3) is 0 Å². The maximum absolute atomic E-state index is 12.8. The maximum Gasteiger partial charge on any atom is 0.338 e. The van der Waals surface area contributed by atoms with E-state index in [4.69, 9.17) is 4.74 Å². The second kappa shape index (κ2) is 5.72. The number of Topliss-reactive ketones (excluding diaryl/α,β-unsaturated/α-hetero) is 1. The van der Waals surface area contributed by atoms with Gasteiger partial charge >= 0.3 is 5.97 Å². The fraction of sp³-hybridized carbons (Fsp3) is 0.526. The summed E-state index contributed by atoms with van der Waals surface area (Å²) in [6, 6.07) is 6.56. The molecule has 2 aliphatic rings. The van der Waals surface area contributed by atoms with Crippen LogP contribution < -0.4 is 5.32 Å². The summed E-state index contributed by atoms with van der Waals surface area (Å²) in [4.78, 5) is 37.2. The van der Waals surface area contributed by atoms with E-state index in [0.717, 1.165) is 6.42 Å². The van der Waals surface area contributed by atoms with Gasteiger partial charge in [-0.3, -0.25) is 9.59 Å². The summed E-state index contributed by atoms with van der Waals surface area (Å²) in [6.07, 6.45) is 2.20. The van der Waals surface area contributed by atoms with Crippen LogP contribution in [-0.4, -0.2) is 24.3 Å². The Balaban J connectivity index is 1.74. The van der Waals surface area contributed by atoms with Gasteiger partial charge in [0, 0.05) is 11.1 Å². The van der Waals surface area contributed by atoms with E-state index in [1.807, 2.05) is 13.8 Å². The third-order valence-corrected chi connectivity index (χ3v) is 5.64. The third-order valence-electron chi connectivity index (χ3n) is 5.64. The SMILES string of the molecule is CCOC(=O)c1ccc(NC(=O)C23CCC(C2)C(C)(C)C3=O)cc1. The smallest absolute Gasteiger partial charge is 0.338 e. The van der Waals surface area contributed by atoms with Gasteiger partial charge in [0.15, 0.2) is 5.78 Å². The lowest BCUT2D eigenvalue weighted by molar-refractivity contribution is -0.142. The van der Waals surface area contributed by atoms with Gasteiger partial charge < -0.3 is 10.1 Å². The Morgan fingerprint density at radius 3 is 2.46 bits per heavy atom. The lowest BCUT2D eigenvalue weighted by Crippen LogP contribution is -2.44. The number of benzene rings is 1. The van der Waals surface area contributed by atoms with Gasteiger partial charge in [0.25, 0.3) is 0 Å². The summed E-state index contributed by atoms with van der Waals surface area (Å²) >= 11 is 0. The lowest BCUT2D eigenvalue weighted by atomic mass is 9.70. The molecule has 2 atom stereocenters. The summed E-state index contributed by atoms with van der Waals surface area (Å²) < 4.78 is 4.94. The van der Waals surface area contributed by atoms with E-state index >= 15 is 0 Å². The van der Waals surface area contributed by atoms with E-state index in [1.54, 1.807) is 31.2 Å². The average molecular weight is 329 g/mol. The molecule has 24 heavy (non-hydrogen) atoms. The highest BCUT2D eigenvalue weighted by molar-refractivity contribution is 6.15. The summed E-state index contributed by atoms with van der Waals surface area (Å²) in [7, 11) is 0. The molecule has 2 unspecified atom stereocenters. The van der Waals surface area contributed by atoms with Gasteiger partial charge in [-0.1, -0.05) is 13.8 Å². The number of carbonyl (C=O) groups excluding carboxylic acids is 3. The predicted molar refractivity (Wildman–Crippen MR) is 89.6 cm³/mol. The van der Waals surface area contributed by atoms with Crippen LogP contribution in [0.15, 0.2) is 24.3 Å². The molecule has 0 radical (unpaired) electrons. The monoisotopic (exact) mass is 329 g/mol. The van der Waals surface area contributed by atoms with E-state index in [2.05, 4.69) is 5.32 Å². The third kappa shape index (κ3) is 2.43. The molecule has 2 fully saturated rings. The quantitative estimate of drug-likeness (QED) is 0.680. The van der Waals surface area contributed by atoms with Gasteiger partial charge in [0.05, 0.1) is 12.2 Å². The Morgan fingerprint density at radius 1 is 1.25 bits per heavy atom. The van der Waals surface area contributed by atoms with Crippen LogP contribution in [0.3, 0.4) is 0 Å². The Labute approximate surface area is 141 Å². The highest BCUT2D eigenvalue weighted by Crippen LogP contribution is 2.60. The molecule has 1 amide bonds. The molecule has 0 saturated heterocycles. The van der Waals surface area contributed by atoms with Crippen LogP contribution in [0.1, 0.15) is 50.4 Å². The molecule has 0 aromatic heterocycles. The number of carbonyl (C=O) groups is 3. The van der Waals surface area contributed by atoms with Crippen LogP contribution in [-0.2, 0) is 14.3 Å². The van der Waals surface area contributed by atoms with Gasteiger partial charge in [-0.15, -0.1) is 0 Å². The molecule has 0 heterocycles. The second-order valence-corrected chi connectivity index (χ2v) is 7.32. The predicted octanol–water partition coefficient (Wildman–Crippen LogP) is 3.20. The average Bonchev–Trinajstić information content (AvgIpc) is 3.08. The Kier molecular flexibility index (Phi) is 3.98. The first kappa shape index (κ1) is 16.7. The minimum atomic E-state index is -0.881. The normalized spacial score (nSPS) is 27.1. The van der Waals surface area contributed by atoms with Crippen LogP contribution in [0, 0.1) is 16.7 Å². The number of amides is 1. The van der Waals surface area contributed by atoms with E-state index in [-0.39, 0.29) is 17.7 Å². The topological polar surface area (TPSA) is 72.5 Å². The number of ketones is 1. The first-order valence-electron chi connectivity index (χ1n) is 8.45. The van der Waals surface area contributed by atoms with Crippen molar-refractivity contribution in [3.8, 4) is 0 Å².